The van der Waals surface area contributed by atoms with Crippen molar-refractivity contribution in [1.29, 1.82) is 0 Å². The van der Waals surface area contributed by atoms with E-state index < -0.39 is 18.1 Å². The molecule has 0 heterocycles. The highest BCUT2D eigenvalue weighted by atomic mass is 32.2. The zero-order chi connectivity index (χ0) is 35.3. The van der Waals surface area contributed by atoms with Gasteiger partial charge in [-0.1, -0.05) is 168 Å². The summed E-state index contributed by atoms with van der Waals surface area (Å²) in [5.41, 5.74) is 8.14. The third-order valence-electron chi connectivity index (χ3n) is 8.84. The van der Waals surface area contributed by atoms with Gasteiger partial charge < -0.3 is 15.2 Å². The number of thioether (sulfide) groups is 1. The number of hydrogen-bond acceptors (Lipinski definition) is 8. The van der Waals surface area contributed by atoms with Crippen LogP contribution in [0.1, 0.15) is 194 Å². The summed E-state index contributed by atoms with van der Waals surface area (Å²) in [6.07, 6.45) is 32.8. The van der Waals surface area contributed by atoms with Crippen molar-refractivity contribution in [2.24, 2.45) is 5.73 Å². The number of carbonyl (C=O) groups excluding carboxylic acids is 3. The third kappa shape index (κ3) is 33.2. The normalized spacial score (nSPS) is 12.5. The fourth-order valence-corrected chi connectivity index (χ4v) is 6.74. The van der Waals surface area contributed by atoms with Gasteiger partial charge in [-0.3, -0.25) is 19.2 Å². The summed E-state index contributed by atoms with van der Waals surface area (Å²) in [5.74, 6) is -0.209. The molecule has 3 N–H and O–H groups in total. The summed E-state index contributed by atoms with van der Waals surface area (Å²) in [6, 6.07) is -0.754. The monoisotopic (exact) mass is 701 g/mol. The molecule has 0 bridgehead atoms. The van der Waals surface area contributed by atoms with Gasteiger partial charge in [0.1, 0.15) is 12.7 Å². The lowest BCUT2D eigenvalue weighted by Gasteiger charge is -2.19. The van der Waals surface area contributed by atoms with Crippen molar-refractivity contribution in [2.45, 2.75) is 206 Å². The second kappa shape index (κ2) is 36.9. The molecular weight excluding hydrogens is 625 g/mol. The molecule has 0 radical (unpaired) electrons. The molecule has 0 aromatic heterocycles. The molecule has 2 atom stereocenters. The fraction of sp³-hybridized carbons (Fsp3) is 0.923. The van der Waals surface area contributed by atoms with Crippen LogP contribution in [0.3, 0.4) is 0 Å². The summed E-state index contributed by atoms with van der Waals surface area (Å²) in [6.45, 7) is 4.54. The number of carbonyl (C=O) groups is 3. The standard InChI is InChI=1S/C39H76N2O6S/c1-4-6-8-10-12-14-16-18-20-22-24-26-28-30-37(42)46-32-35(33-48-34-36(40)39(44)41-45-3)47-38(43)31-29-27-25-23-21-19-17-15-13-11-9-7-5-2/h35-36H,4-34,40H2,1-3H3,(H,41,44)/t35?,36-/m0/s1. The topological polar surface area (TPSA) is 117 Å². The number of amides is 1. The molecule has 0 aromatic rings. The van der Waals surface area contributed by atoms with Crippen molar-refractivity contribution < 1.29 is 28.7 Å². The van der Waals surface area contributed by atoms with Crippen molar-refractivity contribution in [3.8, 4) is 0 Å². The molecule has 284 valence electrons. The molecule has 8 nitrogen and oxygen atoms in total. The Kier molecular flexibility index (Phi) is 35.9. The Morgan fingerprint density at radius 1 is 0.562 bits per heavy atom. The van der Waals surface area contributed by atoms with Gasteiger partial charge in [0.05, 0.1) is 13.2 Å². The highest BCUT2D eigenvalue weighted by molar-refractivity contribution is 7.99. The van der Waals surface area contributed by atoms with E-state index in [1.165, 1.54) is 147 Å². The lowest BCUT2D eigenvalue weighted by atomic mass is 10.0. The van der Waals surface area contributed by atoms with E-state index in [-0.39, 0.29) is 18.5 Å². The number of hydroxylamine groups is 1. The maximum absolute atomic E-state index is 12.6. The average Bonchev–Trinajstić information content (AvgIpc) is 3.07. The van der Waals surface area contributed by atoms with Crippen molar-refractivity contribution >= 4 is 29.6 Å². The van der Waals surface area contributed by atoms with Crippen LogP contribution in [-0.2, 0) is 28.7 Å². The lowest BCUT2D eigenvalue weighted by molar-refractivity contribution is -0.157. The first-order chi connectivity index (χ1) is 23.4. The van der Waals surface area contributed by atoms with Crippen molar-refractivity contribution in [3.05, 3.63) is 0 Å². The van der Waals surface area contributed by atoms with Crippen molar-refractivity contribution in [2.75, 3.05) is 25.2 Å². The maximum Gasteiger partial charge on any atom is 0.306 e. The molecule has 9 heteroatoms. The van der Waals surface area contributed by atoms with E-state index in [1.807, 2.05) is 0 Å². The second-order valence-electron chi connectivity index (χ2n) is 13.6. The minimum absolute atomic E-state index is 0.0220. The van der Waals surface area contributed by atoms with Crippen LogP contribution < -0.4 is 11.2 Å². The molecule has 1 unspecified atom stereocenters. The van der Waals surface area contributed by atoms with Crippen LogP contribution in [0, 0.1) is 0 Å². The van der Waals surface area contributed by atoms with E-state index in [9.17, 15) is 14.4 Å². The molecule has 0 aliphatic rings. The lowest BCUT2D eigenvalue weighted by Crippen LogP contribution is -2.42. The van der Waals surface area contributed by atoms with Gasteiger partial charge >= 0.3 is 11.9 Å². The Bertz CT molecular complexity index is 741. The summed E-state index contributed by atoms with van der Waals surface area (Å²) >= 11 is 1.39. The molecule has 0 saturated carbocycles. The minimum atomic E-state index is -0.754. The number of ether oxygens (including phenoxy) is 2. The van der Waals surface area contributed by atoms with E-state index in [1.54, 1.807) is 0 Å². The summed E-state index contributed by atoms with van der Waals surface area (Å²) < 4.78 is 11.2. The molecule has 0 aliphatic carbocycles. The molecule has 0 aliphatic heterocycles. The number of esters is 2. The predicted octanol–water partition coefficient (Wildman–Crippen LogP) is 10.1. The highest BCUT2D eigenvalue weighted by Gasteiger charge is 2.20. The molecule has 0 aromatic carbocycles. The highest BCUT2D eigenvalue weighted by Crippen LogP contribution is 2.16. The Morgan fingerprint density at radius 3 is 1.33 bits per heavy atom. The minimum Gasteiger partial charge on any atom is -0.462 e. The van der Waals surface area contributed by atoms with Crippen LogP contribution in [0.4, 0.5) is 0 Å². The Balaban J connectivity index is 4.19. The summed E-state index contributed by atoms with van der Waals surface area (Å²) in [4.78, 5) is 41.5. The number of nitrogens with two attached hydrogens (primary N) is 1. The SMILES string of the molecule is CCCCCCCCCCCCCCCC(=O)OCC(CSC[C@H](N)C(=O)NOC)OC(=O)CCCCCCCCCCCCCCC. The first-order valence-electron chi connectivity index (χ1n) is 20.0. The number of rotatable bonds is 37. The van der Waals surface area contributed by atoms with Gasteiger partial charge in [-0.15, -0.1) is 0 Å². The fourth-order valence-electron chi connectivity index (χ4n) is 5.77. The van der Waals surface area contributed by atoms with E-state index in [0.717, 1.165) is 38.5 Å². The first-order valence-corrected chi connectivity index (χ1v) is 21.1. The van der Waals surface area contributed by atoms with E-state index in [4.69, 9.17) is 15.2 Å². The van der Waals surface area contributed by atoms with Crippen LogP contribution >= 0.6 is 11.8 Å². The summed E-state index contributed by atoms with van der Waals surface area (Å²) in [7, 11) is 1.36. The number of unbranched alkanes of at least 4 members (excludes halogenated alkanes) is 24. The molecule has 0 fully saturated rings. The first kappa shape index (κ1) is 46.7. The van der Waals surface area contributed by atoms with Gasteiger partial charge in [-0.2, -0.15) is 11.8 Å². The van der Waals surface area contributed by atoms with Gasteiger partial charge in [-0.05, 0) is 12.8 Å². The molecule has 48 heavy (non-hydrogen) atoms. The average molecular weight is 701 g/mol. The van der Waals surface area contributed by atoms with Gasteiger partial charge in [0, 0.05) is 24.3 Å². The second-order valence-corrected chi connectivity index (χ2v) is 14.7. The summed E-state index contributed by atoms with van der Waals surface area (Å²) in [5, 5.41) is 0. The van der Waals surface area contributed by atoms with Crippen molar-refractivity contribution in [3.63, 3.8) is 0 Å². The van der Waals surface area contributed by atoms with Crippen LogP contribution in [0.25, 0.3) is 0 Å². The van der Waals surface area contributed by atoms with Crippen LogP contribution in [0.2, 0.25) is 0 Å². The Hall–Kier alpha value is -1.32. The quantitative estimate of drug-likeness (QED) is 0.0374. The van der Waals surface area contributed by atoms with Gasteiger partial charge in [0.15, 0.2) is 0 Å². The Morgan fingerprint density at radius 2 is 0.938 bits per heavy atom. The third-order valence-corrected chi connectivity index (χ3v) is 10.0. The maximum atomic E-state index is 12.6. The molecule has 0 spiro atoms. The van der Waals surface area contributed by atoms with Gasteiger partial charge in [0.2, 0.25) is 0 Å². The number of nitrogens with one attached hydrogen (secondary N) is 1. The predicted molar refractivity (Wildman–Crippen MR) is 202 cm³/mol. The Labute approximate surface area is 299 Å². The zero-order valence-electron chi connectivity index (χ0n) is 31.5. The van der Waals surface area contributed by atoms with Crippen LogP contribution in [0.15, 0.2) is 0 Å². The van der Waals surface area contributed by atoms with Crippen molar-refractivity contribution in [1.82, 2.24) is 5.48 Å². The molecular formula is C39H76N2O6S. The zero-order valence-corrected chi connectivity index (χ0v) is 32.3. The molecule has 0 saturated heterocycles. The smallest absolute Gasteiger partial charge is 0.306 e. The van der Waals surface area contributed by atoms with Crippen LogP contribution in [0.5, 0.6) is 0 Å². The van der Waals surface area contributed by atoms with E-state index >= 15 is 0 Å². The van der Waals surface area contributed by atoms with Gasteiger partial charge in [-0.25, -0.2) is 5.48 Å². The number of hydrogen-bond donors (Lipinski definition) is 2. The van der Waals surface area contributed by atoms with E-state index in [0.29, 0.717) is 24.3 Å². The molecule has 0 rings (SSSR count). The van der Waals surface area contributed by atoms with Crippen LogP contribution in [-0.4, -0.2) is 55.2 Å². The molecule has 1 amide bonds. The van der Waals surface area contributed by atoms with Gasteiger partial charge in [0.25, 0.3) is 5.91 Å². The largest absolute Gasteiger partial charge is 0.462 e. The van der Waals surface area contributed by atoms with E-state index in [2.05, 4.69) is 24.2 Å².